The first-order valence-corrected chi connectivity index (χ1v) is 7.14. The summed E-state index contributed by atoms with van der Waals surface area (Å²) in [6.07, 6.45) is -0.875. The molecule has 24 heavy (non-hydrogen) atoms. The van der Waals surface area contributed by atoms with E-state index in [0.717, 1.165) is 0 Å². The van der Waals surface area contributed by atoms with Crippen molar-refractivity contribution >= 4 is 17.3 Å². The number of anilines is 1. The number of nitrogens with zero attached hydrogens (tertiary/aromatic N) is 2. The largest absolute Gasteiger partial charge is 0.480 e. The second kappa shape index (κ2) is 7.24. The van der Waals surface area contributed by atoms with Gasteiger partial charge < -0.3 is 10.1 Å². The maximum atomic E-state index is 12.2. The first kappa shape index (κ1) is 17.0. The van der Waals surface area contributed by atoms with E-state index in [1.54, 1.807) is 43.3 Å². The van der Waals surface area contributed by atoms with Gasteiger partial charge in [-0.1, -0.05) is 18.2 Å². The van der Waals surface area contributed by atoms with Crippen LogP contribution in [0.3, 0.4) is 0 Å². The van der Waals surface area contributed by atoms with Gasteiger partial charge in [-0.15, -0.1) is 0 Å². The molecule has 7 heteroatoms. The lowest BCUT2D eigenvalue weighted by atomic mass is 10.2. The number of benzene rings is 2. The number of nitro groups is 1. The average Bonchev–Trinajstić information content (AvgIpc) is 2.56. The molecule has 7 nitrogen and oxygen atoms in total. The maximum Gasteiger partial charge on any atom is 0.274 e. The molecule has 1 N–H and O–H groups in total. The number of nitriles is 1. The summed E-state index contributed by atoms with van der Waals surface area (Å²) in [6.45, 7) is 3.15. The summed E-state index contributed by atoms with van der Waals surface area (Å²) in [5.74, 6) is -0.168. The fourth-order valence-corrected chi connectivity index (χ4v) is 2.03. The predicted octanol–water partition coefficient (Wildman–Crippen LogP) is 3.18. The minimum absolute atomic E-state index is 0.0730. The SMILES string of the molecule is Cc1ccc(NC(=O)C(C)Oc2ccccc2C#N)cc1[N+](=O)[O-]. The Kier molecular flexibility index (Phi) is 5.12. The van der Waals surface area contributed by atoms with Crippen LogP contribution in [0.5, 0.6) is 5.75 Å². The van der Waals surface area contributed by atoms with Gasteiger partial charge in [-0.2, -0.15) is 5.26 Å². The van der Waals surface area contributed by atoms with Crippen LogP contribution in [0.1, 0.15) is 18.1 Å². The molecule has 0 aliphatic rings. The summed E-state index contributed by atoms with van der Waals surface area (Å²) < 4.78 is 5.50. The minimum atomic E-state index is -0.875. The predicted molar refractivity (Wildman–Crippen MR) is 87.7 cm³/mol. The standard InChI is InChI=1S/C17H15N3O4/c1-11-7-8-14(9-15(11)20(22)23)19-17(21)12(2)24-16-6-4-3-5-13(16)10-18/h3-9,12H,1-2H3,(H,19,21). The van der Waals surface area contributed by atoms with E-state index in [-0.39, 0.29) is 5.69 Å². The third kappa shape index (κ3) is 3.87. The number of carbonyl (C=O) groups excluding carboxylic acids is 1. The Hall–Kier alpha value is -3.40. The van der Waals surface area contributed by atoms with Gasteiger partial charge in [-0.05, 0) is 32.0 Å². The molecule has 0 fully saturated rings. The van der Waals surface area contributed by atoms with Crippen molar-refractivity contribution in [2.45, 2.75) is 20.0 Å². The Morgan fingerprint density at radius 2 is 2.04 bits per heavy atom. The van der Waals surface area contributed by atoms with E-state index in [0.29, 0.717) is 22.6 Å². The second-order valence-electron chi connectivity index (χ2n) is 5.12. The van der Waals surface area contributed by atoms with Gasteiger partial charge in [0, 0.05) is 17.3 Å². The van der Waals surface area contributed by atoms with Gasteiger partial charge in [-0.25, -0.2) is 0 Å². The number of amides is 1. The highest BCUT2D eigenvalue weighted by atomic mass is 16.6. The Morgan fingerprint density at radius 3 is 2.71 bits per heavy atom. The number of rotatable bonds is 5. The molecule has 0 aromatic heterocycles. The number of ether oxygens (including phenoxy) is 1. The highest BCUT2D eigenvalue weighted by Gasteiger charge is 2.18. The highest BCUT2D eigenvalue weighted by molar-refractivity contribution is 5.94. The third-order valence-corrected chi connectivity index (χ3v) is 3.35. The molecule has 2 aromatic rings. The highest BCUT2D eigenvalue weighted by Crippen LogP contribution is 2.23. The quantitative estimate of drug-likeness (QED) is 0.671. The molecule has 1 unspecified atom stereocenters. The number of para-hydroxylation sites is 1. The molecule has 0 saturated carbocycles. The molecule has 2 aromatic carbocycles. The number of hydrogen-bond donors (Lipinski definition) is 1. The van der Waals surface area contributed by atoms with Crippen LogP contribution in [-0.4, -0.2) is 16.9 Å². The zero-order chi connectivity index (χ0) is 17.7. The first-order valence-electron chi connectivity index (χ1n) is 7.14. The van der Waals surface area contributed by atoms with E-state index < -0.39 is 16.9 Å². The molecule has 122 valence electrons. The van der Waals surface area contributed by atoms with Crippen molar-refractivity contribution < 1.29 is 14.5 Å². The molecule has 0 aliphatic heterocycles. The van der Waals surface area contributed by atoms with E-state index in [1.165, 1.54) is 13.0 Å². The summed E-state index contributed by atoms with van der Waals surface area (Å²) in [7, 11) is 0. The number of aryl methyl sites for hydroxylation is 1. The van der Waals surface area contributed by atoms with Crippen molar-refractivity contribution in [3.8, 4) is 11.8 Å². The molecule has 0 heterocycles. The molecule has 2 rings (SSSR count). The average molecular weight is 325 g/mol. The molecular formula is C17H15N3O4. The van der Waals surface area contributed by atoms with Crippen LogP contribution in [0, 0.1) is 28.4 Å². The van der Waals surface area contributed by atoms with E-state index in [2.05, 4.69) is 5.32 Å². The number of nitro benzene ring substituents is 1. The zero-order valence-corrected chi connectivity index (χ0v) is 13.1. The smallest absolute Gasteiger partial charge is 0.274 e. The lowest BCUT2D eigenvalue weighted by Gasteiger charge is -2.15. The van der Waals surface area contributed by atoms with Crippen LogP contribution in [0.4, 0.5) is 11.4 Å². The van der Waals surface area contributed by atoms with Crippen molar-refractivity contribution in [1.82, 2.24) is 0 Å². The molecule has 0 radical (unpaired) electrons. The molecule has 0 spiro atoms. The van der Waals surface area contributed by atoms with Crippen molar-refractivity contribution in [2.24, 2.45) is 0 Å². The van der Waals surface area contributed by atoms with Gasteiger partial charge in [0.2, 0.25) is 0 Å². The monoisotopic (exact) mass is 325 g/mol. The van der Waals surface area contributed by atoms with Crippen LogP contribution in [0.2, 0.25) is 0 Å². The van der Waals surface area contributed by atoms with Gasteiger partial charge in [-0.3, -0.25) is 14.9 Å². The van der Waals surface area contributed by atoms with Gasteiger partial charge in [0.1, 0.15) is 11.8 Å². The fraction of sp³-hybridized carbons (Fsp3) is 0.176. The molecule has 0 saturated heterocycles. The zero-order valence-electron chi connectivity index (χ0n) is 13.1. The van der Waals surface area contributed by atoms with Gasteiger partial charge in [0.25, 0.3) is 11.6 Å². The van der Waals surface area contributed by atoms with Crippen LogP contribution in [0.25, 0.3) is 0 Å². The van der Waals surface area contributed by atoms with Crippen molar-refractivity contribution in [3.63, 3.8) is 0 Å². The molecule has 0 bridgehead atoms. The molecule has 1 atom stereocenters. The lowest BCUT2D eigenvalue weighted by Crippen LogP contribution is -2.30. The summed E-state index contributed by atoms with van der Waals surface area (Å²) in [6, 6.07) is 13.0. The molecule has 1 amide bonds. The number of nitrogens with one attached hydrogen (secondary N) is 1. The third-order valence-electron chi connectivity index (χ3n) is 3.35. The van der Waals surface area contributed by atoms with Crippen LogP contribution in [0.15, 0.2) is 42.5 Å². The normalized spacial score (nSPS) is 11.2. The lowest BCUT2D eigenvalue weighted by molar-refractivity contribution is -0.385. The fourth-order valence-electron chi connectivity index (χ4n) is 2.03. The second-order valence-corrected chi connectivity index (χ2v) is 5.12. The van der Waals surface area contributed by atoms with Crippen molar-refractivity contribution in [3.05, 3.63) is 63.7 Å². The first-order chi connectivity index (χ1) is 11.4. The Labute approximate surface area is 138 Å². The molecular weight excluding hydrogens is 310 g/mol. The topological polar surface area (TPSA) is 105 Å². The van der Waals surface area contributed by atoms with E-state index in [4.69, 9.17) is 10.00 Å². The van der Waals surface area contributed by atoms with Crippen LogP contribution in [-0.2, 0) is 4.79 Å². The van der Waals surface area contributed by atoms with E-state index in [9.17, 15) is 14.9 Å². The van der Waals surface area contributed by atoms with Gasteiger partial charge >= 0.3 is 0 Å². The van der Waals surface area contributed by atoms with Gasteiger partial charge in [0.05, 0.1) is 10.5 Å². The van der Waals surface area contributed by atoms with Crippen LogP contribution >= 0.6 is 0 Å². The summed E-state index contributed by atoms with van der Waals surface area (Å²) >= 11 is 0. The minimum Gasteiger partial charge on any atom is -0.480 e. The molecule has 0 aliphatic carbocycles. The van der Waals surface area contributed by atoms with Crippen molar-refractivity contribution in [2.75, 3.05) is 5.32 Å². The number of carbonyl (C=O) groups is 1. The van der Waals surface area contributed by atoms with Crippen molar-refractivity contribution in [1.29, 1.82) is 5.26 Å². The van der Waals surface area contributed by atoms with Gasteiger partial charge in [0.15, 0.2) is 6.10 Å². The Morgan fingerprint density at radius 1 is 1.33 bits per heavy atom. The van der Waals surface area contributed by atoms with E-state index in [1.807, 2.05) is 6.07 Å². The summed E-state index contributed by atoms with van der Waals surface area (Å²) in [5, 5.41) is 22.5. The Bertz CT molecular complexity index is 827. The summed E-state index contributed by atoms with van der Waals surface area (Å²) in [5.41, 5.74) is 1.06. The maximum absolute atomic E-state index is 12.2. The van der Waals surface area contributed by atoms with Crippen LogP contribution < -0.4 is 10.1 Å². The van der Waals surface area contributed by atoms with E-state index >= 15 is 0 Å². The number of hydrogen-bond acceptors (Lipinski definition) is 5. The summed E-state index contributed by atoms with van der Waals surface area (Å²) in [4.78, 5) is 22.6. The Balaban J connectivity index is 2.11.